The monoisotopic (exact) mass is 343 g/mol. The molecule has 1 rings (SSSR count). The predicted octanol–water partition coefficient (Wildman–Crippen LogP) is 1.28. The van der Waals surface area contributed by atoms with Crippen molar-refractivity contribution in [1.29, 1.82) is 0 Å². The second kappa shape index (κ2) is 12.6. The molecule has 0 spiro atoms. The van der Waals surface area contributed by atoms with Gasteiger partial charge in [-0.05, 0) is 44.9 Å². The van der Waals surface area contributed by atoms with Crippen LogP contribution in [0.4, 0.5) is 0 Å². The Balaban J connectivity index is 2.01. The number of carbonyl (C=O) groups is 1. The average Bonchev–Trinajstić information content (AvgIpc) is 2.85. The lowest BCUT2D eigenvalue weighted by molar-refractivity contribution is -0.119. The first-order valence-electron chi connectivity index (χ1n) is 9.02. The third-order valence-electron chi connectivity index (χ3n) is 4.46. The molecule has 1 saturated heterocycles. The third-order valence-corrected chi connectivity index (χ3v) is 4.46. The normalized spacial score (nSPS) is 27.2. The molecule has 140 valence electrons. The van der Waals surface area contributed by atoms with Crippen molar-refractivity contribution < 1.29 is 24.9 Å². The minimum Gasteiger partial charge on any atom is -0.396 e. The molecule has 1 aliphatic heterocycles. The van der Waals surface area contributed by atoms with E-state index in [0.717, 1.165) is 38.5 Å². The van der Waals surface area contributed by atoms with Gasteiger partial charge in [0.2, 0.25) is 0 Å². The zero-order chi connectivity index (χ0) is 17.8. The number of unbranched alkanes of at least 4 members (excludes halogenated alkanes) is 3. The van der Waals surface area contributed by atoms with Gasteiger partial charge in [-0.2, -0.15) is 0 Å². The maximum absolute atomic E-state index is 11.5. The number of carbonyl (C=O) groups excluding carboxylic acids is 1. The van der Waals surface area contributed by atoms with Crippen LogP contribution >= 0.6 is 0 Å². The number of methoxy groups -OCH3 is 1. The number of hydrogen-bond donors (Lipinski definition) is 4. The van der Waals surface area contributed by atoms with Gasteiger partial charge < -0.3 is 20.1 Å². The molecule has 0 aromatic rings. The molecule has 0 amide bonds. The van der Waals surface area contributed by atoms with Gasteiger partial charge >= 0.3 is 0 Å². The van der Waals surface area contributed by atoms with Gasteiger partial charge in [-0.1, -0.05) is 12.2 Å². The fourth-order valence-corrected chi connectivity index (χ4v) is 2.94. The second-order valence-electron chi connectivity index (χ2n) is 6.42. The molecule has 4 N–H and O–H groups in total. The second-order valence-corrected chi connectivity index (χ2v) is 6.42. The number of ether oxygens (including phenoxy) is 1. The number of Topliss-reactive ketones (excluding diaryl/α,β-unsaturated/α-hetero) is 1. The minimum absolute atomic E-state index is 0.147. The van der Waals surface area contributed by atoms with Gasteiger partial charge in [0, 0.05) is 32.6 Å². The van der Waals surface area contributed by atoms with Crippen LogP contribution in [0.25, 0.3) is 0 Å². The molecule has 24 heavy (non-hydrogen) atoms. The smallest absolute Gasteiger partial charge is 0.136 e. The van der Waals surface area contributed by atoms with E-state index in [4.69, 9.17) is 9.84 Å². The van der Waals surface area contributed by atoms with E-state index >= 15 is 0 Å². The standard InChI is InChI=1S/C18H33NO5/c1-24-18-17(23)16(22)15(19-18)12-7-5-3-2-4-6-10-14(21)11-8-9-13-20/h3,5,15-20,22-23H,2,4,6-13H2,1H3. The summed E-state index contributed by atoms with van der Waals surface area (Å²) in [5, 5.41) is 31.4. The molecule has 0 aromatic carbocycles. The maximum atomic E-state index is 11.5. The Kier molecular flexibility index (Phi) is 11.1. The SMILES string of the molecule is COC1NC(CCC=CCCCCC(=O)CCCCO)C(O)C1O. The van der Waals surface area contributed by atoms with Crippen molar-refractivity contribution >= 4 is 5.78 Å². The molecule has 1 aliphatic rings. The molecule has 6 heteroatoms. The molecule has 4 unspecified atom stereocenters. The predicted molar refractivity (Wildman–Crippen MR) is 92.5 cm³/mol. The topological polar surface area (TPSA) is 99.0 Å². The molecule has 0 aliphatic carbocycles. The number of aliphatic hydroxyl groups excluding tert-OH is 3. The Morgan fingerprint density at radius 1 is 1.04 bits per heavy atom. The number of ketones is 1. The van der Waals surface area contributed by atoms with Crippen molar-refractivity contribution in [2.45, 2.75) is 82.3 Å². The van der Waals surface area contributed by atoms with Crippen LogP contribution in [0, 0.1) is 0 Å². The summed E-state index contributed by atoms with van der Waals surface area (Å²) >= 11 is 0. The van der Waals surface area contributed by atoms with Gasteiger partial charge in [0.15, 0.2) is 0 Å². The molecular weight excluding hydrogens is 310 g/mol. The van der Waals surface area contributed by atoms with Crippen molar-refractivity contribution in [1.82, 2.24) is 5.32 Å². The summed E-state index contributed by atoms with van der Waals surface area (Å²) < 4.78 is 5.07. The molecule has 0 radical (unpaired) electrons. The zero-order valence-corrected chi connectivity index (χ0v) is 14.7. The van der Waals surface area contributed by atoms with Gasteiger partial charge in [0.25, 0.3) is 0 Å². The Morgan fingerprint density at radius 3 is 2.33 bits per heavy atom. The molecule has 6 nitrogen and oxygen atoms in total. The molecule has 0 aromatic heterocycles. The summed E-state index contributed by atoms with van der Waals surface area (Å²) in [6, 6.07) is -0.147. The first-order chi connectivity index (χ1) is 11.6. The lowest BCUT2D eigenvalue weighted by atomic mass is 10.0. The Bertz CT molecular complexity index is 374. The molecule has 1 heterocycles. The number of rotatable bonds is 13. The number of aliphatic hydroxyl groups is 3. The van der Waals surface area contributed by atoms with Crippen LogP contribution in [-0.4, -0.2) is 59.3 Å². The summed E-state index contributed by atoms with van der Waals surface area (Å²) in [5.74, 6) is 0.292. The number of allylic oxidation sites excluding steroid dienone is 2. The van der Waals surface area contributed by atoms with Crippen molar-refractivity contribution in [2.24, 2.45) is 0 Å². The van der Waals surface area contributed by atoms with Gasteiger partial charge in [-0.25, -0.2) is 0 Å². The quantitative estimate of drug-likeness (QED) is 0.297. The lowest BCUT2D eigenvalue weighted by Crippen LogP contribution is -2.34. The van der Waals surface area contributed by atoms with Gasteiger partial charge in [-0.3, -0.25) is 10.1 Å². The highest BCUT2D eigenvalue weighted by molar-refractivity contribution is 5.78. The van der Waals surface area contributed by atoms with Crippen molar-refractivity contribution in [3.63, 3.8) is 0 Å². The van der Waals surface area contributed by atoms with Crippen LogP contribution in [-0.2, 0) is 9.53 Å². The summed E-state index contributed by atoms with van der Waals surface area (Å²) in [5.41, 5.74) is 0. The van der Waals surface area contributed by atoms with E-state index in [9.17, 15) is 15.0 Å². The van der Waals surface area contributed by atoms with Crippen LogP contribution < -0.4 is 5.32 Å². The van der Waals surface area contributed by atoms with Crippen LogP contribution in [0.15, 0.2) is 12.2 Å². The summed E-state index contributed by atoms with van der Waals surface area (Å²) in [6.07, 6.45) is 9.19. The van der Waals surface area contributed by atoms with E-state index < -0.39 is 18.4 Å². The molecule has 1 fully saturated rings. The van der Waals surface area contributed by atoms with Gasteiger partial charge in [-0.15, -0.1) is 0 Å². The van der Waals surface area contributed by atoms with Gasteiger partial charge in [0.05, 0.1) is 6.10 Å². The summed E-state index contributed by atoms with van der Waals surface area (Å²) in [4.78, 5) is 11.5. The molecule has 4 atom stereocenters. The largest absolute Gasteiger partial charge is 0.396 e. The van der Waals surface area contributed by atoms with Gasteiger partial charge in [0.1, 0.15) is 18.1 Å². The van der Waals surface area contributed by atoms with Crippen molar-refractivity contribution in [3.8, 4) is 0 Å². The van der Waals surface area contributed by atoms with E-state index in [1.54, 1.807) is 0 Å². The first kappa shape index (κ1) is 21.3. The van der Waals surface area contributed by atoms with Crippen LogP contribution in [0.1, 0.15) is 57.8 Å². The maximum Gasteiger partial charge on any atom is 0.136 e. The van der Waals surface area contributed by atoms with Crippen molar-refractivity contribution in [3.05, 3.63) is 12.2 Å². The Labute approximate surface area is 144 Å². The molecule has 0 bridgehead atoms. The molecular formula is C18H33NO5. The average molecular weight is 343 g/mol. The fraction of sp³-hybridized carbons (Fsp3) is 0.833. The van der Waals surface area contributed by atoms with Crippen LogP contribution in [0.3, 0.4) is 0 Å². The van der Waals surface area contributed by atoms with E-state index in [2.05, 4.69) is 17.5 Å². The van der Waals surface area contributed by atoms with Crippen molar-refractivity contribution in [2.75, 3.05) is 13.7 Å². The van der Waals surface area contributed by atoms with E-state index in [1.807, 2.05) is 0 Å². The third kappa shape index (κ3) is 7.85. The number of nitrogens with one attached hydrogen (secondary N) is 1. The summed E-state index contributed by atoms with van der Waals surface area (Å²) in [7, 11) is 1.51. The highest BCUT2D eigenvalue weighted by atomic mass is 16.5. The van der Waals surface area contributed by atoms with E-state index in [-0.39, 0.29) is 12.6 Å². The Hall–Kier alpha value is -0.790. The molecule has 0 saturated carbocycles. The zero-order valence-electron chi connectivity index (χ0n) is 14.7. The highest BCUT2D eigenvalue weighted by Crippen LogP contribution is 2.18. The highest BCUT2D eigenvalue weighted by Gasteiger charge is 2.40. The minimum atomic E-state index is -0.876. The summed E-state index contributed by atoms with van der Waals surface area (Å²) in [6.45, 7) is 0.163. The lowest BCUT2D eigenvalue weighted by Gasteiger charge is -2.13. The van der Waals surface area contributed by atoms with E-state index in [0.29, 0.717) is 25.0 Å². The first-order valence-corrected chi connectivity index (χ1v) is 9.02. The van der Waals surface area contributed by atoms with Crippen LogP contribution in [0.2, 0.25) is 0 Å². The van der Waals surface area contributed by atoms with Crippen LogP contribution in [0.5, 0.6) is 0 Å². The van der Waals surface area contributed by atoms with E-state index in [1.165, 1.54) is 7.11 Å². The number of hydrogen-bond acceptors (Lipinski definition) is 6. The Morgan fingerprint density at radius 2 is 1.71 bits per heavy atom. The fourth-order valence-electron chi connectivity index (χ4n) is 2.94.